The van der Waals surface area contributed by atoms with Crippen LogP contribution in [0.2, 0.25) is 0 Å². The maximum atomic E-state index is 11.1. The molecule has 0 bridgehead atoms. The highest BCUT2D eigenvalue weighted by atomic mass is 16.6. The van der Waals surface area contributed by atoms with Gasteiger partial charge < -0.3 is 5.32 Å². The summed E-state index contributed by atoms with van der Waals surface area (Å²) in [6, 6.07) is 0. The second-order valence-electron chi connectivity index (χ2n) is 6.00. The molecule has 0 fully saturated rings. The maximum Gasteiger partial charge on any atom is 0.333 e. The standard InChI is InChI=1S/C13H24N4O2/c1-6-9-16-12(14-8-7-13(3,4)5)11(17(18)19)10(2)15-16/h14H,6-9H2,1-5H3. The maximum absolute atomic E-state index is 11.1. The topological polar surface area (TPSA) is 73.0 Å². The second kappa shape index (κ2) is 6.04. The van der Waals surface area contributed by atoms with Gasteiger partial charge in [0.2, 0.25) is 5.82 Å². The Bertz CT molecular complexity index is 446. The highest BCUT2D eigenvalue weighted by Gasteiger charge is 2.25. The summed E-state index contributed by atoms with van der Waals surface area (Å²) < 4.78 is 1.70. The van der Waals surface area contributed by atoms with Crippen molar-refractivity contribution in [3.8, 4) is 0 Å². The summed E-state index contributed by atoms with van der Waals surface area (Å²) in [4.78, 5) is 10.8. The molecule has 0 unspecified atom stereocenters. The first kappa shape index (κ1) is 15.5. The summed E-state index contributed by atoms with van der Waals surface area (Å²) in [5, 5.41) is 18.6. The fraction of sp³-hybridized carbons (Fsp3) is 0.769. The van der Waals surface area contributed by atoms with Crippen molar-refractivity contribution in [2.24, 2.45) is 5.41 Å². The van der Waals surface area contributed by atoms with Crippen molar-refractivity contribution in [1.82, 2.24) is 9.78 Å². The van der Waals surface area contributed by atoms with Gasteiger partial charge in [0.15, 0.2) is 0 Å². The zero-order valence-corrected chi connectivity index (χ0v) is 12.5. The number of hydrogen-bond donors (Lipinski definition) is 1. The molecule has 0 radical (unpaired) electrons. The van der Waals surface area contributed by atoms with Crippen LogP contribution < -0.4 is 5.32 Å². The molecule has 0 aromatic carbocycles. The van der Waals surface area contributed by atoms with Gasteiger partial charge in [-0.25, -0.2) is 4.68 Å². The lowest BCUT2D eigenvalue weighted by Crippen LogP contribution is -2.16. The number of nitrogens with zero attached hydrogens (tertiary/aromatic N) is 3. The van der Waals surface area contributed by atoms with Gasteiger partial charge in [-0.2, -0.15) is 5.10 Å². The van der Waals surface area contributed by atoms with Gasteiger partial charge in [0, 0.05) is 13.1 Å². The average Bonchev–Trinajstić information content (AvgIpc) is 2.54. The molecule has 0 atom stereocenters. The van der Waals surface area contributed by atoms with Crippen LogP contribution >= 0.6 is 0 Å². The van der Waals surface area contributed by atoms with Crippen molar-refractivity contribution in [2.75, 3.05) is 11.9 Å². The van der Waals surface area contributed by atoms with Gasteiger partial charge in [-0.15, -0.1) is 0 Å². The molecular weight excluding hydrogens is 244 g/mol. The van der Waals surface area contributed by atoms with Crippen LogP contribution in [0.15, 0.2) is 0 Å². The smallest absolute Gasteiger partial charge is 0.333 e. The molecule has 0 aliphatic heterocycles. The number of nitro groups is 1. The first-order chi connectivity index (χ1) is 8.76. The van der Waals surface area contributed by atoms with Gasteiger partial charge in [0.25, 0.3) is 0 Å². The highest BCUT2D eigenvalue weighted by Crippen LogP contribution is 2.29. The average molecular weight is 268 g/mol. The third-order valence-corrected chi connectivity index (χ3v) is 2.88. The number of anilines is 1. The zero-order chi connectivity index (χ0) is 14.6. The Morgan fingerprint density at radius 1 is 1.42 bits per heavy atom. The normalized spacial score (nSPS) is 11.6. The van der Waals surface area contributed by atoms with E-state index in [1.165, 1.54) is 0 Å². The predicted molar refractivity (Wildman–Crippen MR) is 76.5 cm³/mol. The van der Waals surface area contributed by atoms with Crippen LogP contribution in [0, 0.1) is 22.5 Å². The SMILES string of the molecule is CCCn1nc(C)c([N+](=O)[O-])c1NCCC(C)(C)C. The Morgan fingerprint density at radius 3 is 2.53 bits per heavy atom. The van der Waals surface area contributed by atoms with Gasteiger partial charge >= 0.3 is 5.69 Å². The molecular formula is C13H24N4O2. The molecule has 6 nitrogen and oxygen atoms in total. The van der Waals surface area contributed by atoms with Crippen molar-refractivity contribution < 1.29 is 4.92 Å². The van der Waals surface area contributed by atoms with E-state index in [1.807, 2.05) is 6.92 Å². The van der Waals surface area contributed by atoms with Crippen molar-refractivity contribution in [3.63, 3.8) is 0 Å². The Hall–Kier alpha value is -1.59. The summed E-state index contributed by atoms with van der Waals surface area (Å²) in [5.41, 5.74) is 0.769. The Labute approximate surface area is 114 Å². The largest absolute Gasteiger partial charge is 0.365 e. The van der Waals surface area contributed by atoms with E-state index in [2.05, 4.69) is 31.2 Å². The third kappa shape index (κ3) is 4.22. The molecule has 1 rings (SSSR count). The van der Waals surface area contributed by atoms with Crippen molar-refractivity contribution in [3.05, 3.63) is 15.8 Å². The number of nitrogens with one attached hydrogen (secondary N) is 1. The molecule has 0 aliphatic rings. The van der Waals surface area contributed by atoms with E-state index in [0.29, 0.717) is 24.6 Å². The first-order valence-corrected chi connectivity index (χ1v) is 6.72. The highest BCUT2D eigenvalue weighted by molar-refractivity contribution is 5.59. The van der Waals surface area contributed by atoms with Crippen molar-refractivity contribution in [2.45, 2.75) is 54.0 Å². The van der Waals surface area contributed by atoms with Crippen molar-refractivity contribution >= 4 is 11.5 Å². The number of aryl methyl sites for hydroxylation is 2. The van der Waals surface area contributed by atoms with Gasteiger partial charge in [-0.3, -0.25) is 10.1 Å². The lowest BCUT2D eigenvalue weighted by atomic mass is 9.92. The monoisotopic (exact) mass is 268 g/mol. The predicted octanol–water partition coefficient (Wildman–Crippen LogP) is 3.36. The van der Waals surface area contributed by atoms with Crippen molar-refractivity contribution in [1.29, 1.82) is 0 Å². The molecule has 108 valence electrons. The van der Waals surface area contributed by atoms with E-state index in [1.54, 1.807) is 11.6 Å². The number of hydrogen-bond acceptors (Lipinski definition) is 4. The van der Waals surface area contributed by atoms with E-state index in [-0.39, 0.29) is 16.0 Å². The van der Waals surface area contributed by atoms with E-state index < -0.39 is 0 Å². The molecule has 1 aromatic heterocycles. The molecule has 1 aromatic rings. The van der Waals surface area contributed by atoms with Crippen LogP contribution in [-0.2, 0) is 6.54 Å². The number of aromatic nitrogens is 2. The summed E-state index contributed by atoms with van der Waals surface area (Å²) >= 11 is 0. The van der Waals surface area contributed by atoms with Gasteiger partial charge in [-0.05, 0) is 25.2 Å². The molecule has 1 N–H and O–H groups in total. The van der Waals surface area contributed by atoms with E-state index in [4.69, 9.17) is 0 Å². The minimum atomic E-state index is -0.353. The van der Waals surface area contributed by atoms with Crippen LogP contribution in [0.3, 0.4) is 0 Å². The lowest BCUT2D eigenvalue weighted by Gasteiger charge is -2.18. The third-order valence-electron chi connectivity index (χ3n) is 2.88. The summed E-state index contributed by atoms with van der Waals surface area (Å²) in [7, 11) is 0. The molecule has 0 spiro atoms. The van der Waals surface area contributed by atoms with E-state index in [0.717, 1.165) is 12.8 Å². The van der Waals surface area contributed by atoms with Crippen LogP contribution in [0.4, 0.5) is 11.5 Å². The summed E-state index contributed by atoms with van der Waals surface area (Å²) in [6.07, 6.45) is 1.84. The second-order valence-corrected chi connectivity index (χ2v) is 6.00. The fourth-order valence-corrected chi connectivity index (χ4v) is 1.90. The molecule has 19 heavy (non-hydrogen) atoms. The Kier molecular flexibility index (Phi) is 4.91. The van der Waals surface area contributed by atoms with E-state index >= 15 is 0 Å². The molecule has 6 heteroatoms. The van der Waals surface area contributed by atoms with Crippen LogP contribution in [0.1, 0.15) is 46.2 Å². The van der Waals surface area contributed by atoms with Gasteiger partial charge in [-0.1, -0.05) is 27.7 Å². The lowest BCUT2D eigenvalue weighted by molar-refractivity contribution is -0.384. The summed E-state index contributed by atoms with van der Waals surface area (Å²) in [6.45, 7) is 11.6. The summed E-state index contributed by atoms with van der Waals surface area (Å²) in [5.74, 6) is 0.536. The minimum Gasteiger partial charge on any atom is -0.365 e. The van der Waals surface area contributed by atoms with Gasteiger partial charge in [0.05, 0.1) is 4.92 Å². The number of rotatable bonds is 6. The van der Waals surface area contributed by atoms with Crippen LogP contribution in [0.5, 0.6) is 0 Å². The molecule has 0 saturated heterocycles. The van der Waals surface area contributed by atoms with Crippen LogP contribution in [-0.4, -0.2) is 21.2 Å². The fourth-order valence-electron chi connectivity index (χ4n) is 1.90. The minimum absolute atomic E-state index is 0.0994. The molecule has 0 saturated carbocycles. The Morgan fingerprint density at radius 2 is 2.05 bits per heavy atom. The molecule has 1 heterocycles. The molecule has 0 amide bonds. The molecule has 0 aliphatic carbocycles. The van der Waals surface area contributed by atoms with Gasteiger partial charge in [0.1, 0.15) is 5.69 Å². The van der Waals surface area contributed by atoms with Crippen LogP contribution in [0.25, 0.3) is 0 Å². The van der Waals surface area contributed by atoms with E-state index in [9.17, 15) is 10.1 Å². The Balaban J connectivity index is 2.92. The zero-order valence-electron chi connectivity index (χ0n) is 12.5. The quantitative estimate of drug-likeness (QED) is 0.634. The first-order valence-electron chi connectivity index (χ1n) is 6.72.